The SMILES string of the molecule is CSC1CCCCC1Nc1ccncc1Br. The van der Waals surface area contributed by atoms with Crippen molar-refractivity contribution >= 4 is 33.4 Å². The normalized spacial score (nSPS) is 25.4. The summed E-state index contributed by atoms with van der Waals surface area (Å²) in [5.74, 6) is 0. The van der Waals surface area contributed by atoms with Crippen LogP contribution in [0.15, 0.2) is 22.9 Å². The van der Waals surface area contributed by atoms with Crippen molar-refractivity contribution in [3.63, 3.8) is 0 Å². The molecule has 88 valence electrons. The van der Waals surface area contributed by atoms with Gasteiger partial charge in [0, 0.05) is 23.7 Å². The molecule has 0 amide bonds. The second kappa shape index (κ2) is 5.92. The molecule has 2 atom stereocenters. The summed E-state index contributed by atoms with van der Waals surface area (Å²) in [5.41, 5.74) is 1.17. The van der Waals surface area contributed by atoms with Crippen LogP contribution in [0, 0.1) is 0 Å². The lowest BCUT2D eigenvalue weighted by molar-refractivity contribution is 0.475. The average Bonchev–Trinajstić information content (AvgIpc) is 2.33. The number of nitrogens with one attached hydrogen (secondary N) is 1. The lowest BCUT2D eigenvalue weighted by atomic mass is 9.94. The van der Waals surface area contributed by atoms with Gasteiger partial charge in [0.25, 0.3) is 0 Å². The first-order valence-corrected chi connectivity index (χ1v) is 7.78. The van der Waals surface area contributed by atoms with Crippen LogP contribution in [0.25, 0.3) is 0 Å². The second-order valence-electron chi connectivity index (χ2n) is 4.16. The van der Waals surface area contributed by atoms with Crippen LogP contribution in [0.3, 0.4) is 0 Å². The first-order valence-electron chi connectivity index (χ1n) is 5.70. The smallest absolute Gasteiger partial charge is 0.0590 e. The van der Waals surface area contributed by atoms with E-state index >= 15 is 0 Å². The molecule has 0 spiro atoms. The zero-order valence-corrected chi connectivity index (χ0v) is 11.9. The molecule has 0 saturated heterocycles. The quantitative estimate of drug-likeness (QED) is 0.915. The van der Waals surface area contributed by atoms with Gasteiger partial charge < -0.3 is 5.32 Å². The van der Waals surface area contributed by atoms with Crippen molar-refractivity contribution in [2.75, 3.05) is 11.6 Å². The highest BCUT2D eigenvalue weighted by atomic mass is 79.9. The molecular weight excluding hydrogens is 284 g/mol. The molecule has 0 aromatic carbocycles. The Kier molecular flexibility index (Phi) is 4.53. The van der Waals surface area contributed by atoms with Crippen LogP contribution >= 0.6 is 27.7 Å². The van der Waals surface area contributed by atoms with Gasteiger partial charge >= 0.3 is 0 Å². The Bertz CT molecular complexity index is 346. The summed E-state index contributed by atoms with van der Waals surface area (Å²) in [7, 11) is 0. The van der Waals surface area contributed by atoms with E-state index in [9.17, 15) is 0 Å². The Hall–Kier alpha value is -0.220. The largest absolute Gasteiger partial charge is 0.380 e. The molecule has 16 heavy (non-hydrogen) atoms. The summed E-state index contributed by atoms with van der Waals surface area (Å²) in [4.78, 5) is 4.09. The zero-order chi connectivity index (χ0) is 11.4. The van der Waals surface area contributed by atoms with Crippen molar-refractivity contribution in [3.05, 3.63) is 22.9 Å². The van der Waals surface area contributed by atoms with E-state index in [1.165, 1.54) is 31.4 Å². The van der Waals surface area contributed by atoms with Crippen molar-refractivity contribution in [3.8, 4) is 0 Å². The van der Waals surface area contributed by atoms with Crippen LogP contribution in [-0.2, 0) is 0 Å². The number of hydrogen-bond acceptors (Lipinski definition) is 3. The number of pyridine rings is 1. The Morgan fingerprint density at radius 3 is 3.00 bits per heavy atom. The summed E-state index contributed by atoms with van der Waals surface area (Å²) in [6.07, 6.45) is 11.2. The first kappa shape index (κ1) is 12.2. The molecule has 1 aromatic rings. The summed E-state index contributed by atoms with van der Waals surface area (Å²) in [6.45, 7) is 0. The lowest BCUT2D eigenvalue weighted by Gasteiger charge is -2.32. The van der Waals surface area contributed by atoms with Crippen molar-refractivity contribution in [1.82, 2.24) is 4.98 Å². The standard InChI is InChI=1S/C12H17BrN2S/c1-16-12-5-3-2-4-11(12)15-10-6-7-14-8-9(10)13/h6-8,11-12H,2-5H2,1H3,(H,14,15). The molecule has 4 heteroatoms. The number of hydrogen-bond donors (Lipinski definition) is 1. The van der Waals surface area contributed by atoms with Gasteiger partial charge in [-0.3, -0.25) is 4.98 Å². The molecule has 1 fully saturated rings. The third kappa shape index (κ3) is 2.92. The summed E-state index contributed by atoms with van der Waals surface area (Å²) in [5, 5.41) is 4.39. The van der Waals surface area contributed by atoms with Crippen molar-refractivity contribution in [2.24, 2.45) is 0 Å². The number of aromatic nitrogens is 1. The fraction of sp³-hybridized carbons (Fsp3) is 0.583. The zero-order valence-electron chi connectivity index (χ0n) is 9.45. The van der Waals surface area contributed by atoms with Gasteiger partial charge in [-0.2, -0.15) is 11.8 Å². The number of anilines is 1. The molecular formula is C12H17BrN2S. The van der Waals surface area contributed by atoms with Gasteiger partial charge in [0.1, 0.15) is 0 Å². The maximum absolute atomic E-state index is 4.09. The van der Waals surface area contributed by atoms with Crippen molar-refractivity contribution < 1.29 is 0 Å². The maximum Gasteiger partial charge on any atom is 0.0590 e. The fourth-order valence-corrected chi connectivity index (χ4v) is 3.54. The van der Waals surface area contributed by atoms with E-state index in [4.69, 9.17) is 0 Å². The molecule has 1 N–H and O–H groups in total. The van der Waals surface area contributed by atoms with Gasteiger partial charge in [0.15, 0.2) is 0 Å². The van der Waals surface area contributed by atoms with Crippen LogP contribution in [0.1, 0.15) is 25.7 Å². The van der Waals surface area contributed by atoms with Crippen LogP contribution in [-0.4, -0.2) is 22.5 Å². The molecule has 0 radical (unpaired) electrons. The van der Waals surface area contributed by atoms with Crippen molar-refractivity contribution in [1.29, 1.82) is 0 Å². The van der Waals surface area contributed by atoms with Gasteiger partial charge in [-0.25, -0.2) is 0 Å². The molecule has 0 bridgehead atoms. The van der Waals surface area contributed by atoms with Gasteiger partial charge in [0.2, 0.25) is 0 Å². The molecule has 1 aliphatic carbocycles. The Morgan fingerprint density at radius 2 is 2.25 bits per heavy atom. The van der Waals surface area contributed by atoms with Crippen LogP contribution < -0.4 is 5.32 Å². The maximum atomic E-state index is 4.09. The molecule has 1 aromatic heterocycles. The van der Waals surface area contributed by atoms with Gasteiger partial charge in [-0.15, -0.1) is 0 Å². The third-order valence-electron chi connectivity index (χ3n) is 3.12. The molecule has 0 aliphatic heterocycles. The number of thioether (sulfide) groups is 1. The summed E-state index contributed by atoms with van der Waals surface area (Å²) < 4.78 is 1.06. The minimum absolute atomic E-state index is 0.599. The third-order valence-corrected chi connectivity index (χ3v) is 4.92. The van der Waals surface area contributed by atoms with Crippen LogP contribution in [0.4, 0.5) is 5.69 Å². The predicted molar refractivity (Wildman–Crippen MR) is 75.1 cm³/mol. The Labute approximate surface area is 110 Å². The molecule has 2 unspecified atom stereocenters. The van der Waals surface area contributed by atoms with E-state index in [-0.39, 0.29) is 0 Å². The monoisotopic (exact) mass is 300 g/mol. The summed E-state index contributed by atoms with van der Waals surface area (Å²) in [6, 6.07) is 2.64. The number of nitrogens with zero attached hydrogens (tertiary/aromatic N) is 1. The van der Waals surface area contributed by atoms with E-state index in [1.807, 2.05) is 30.2 Å². The highest BCUT2D eigenvalue weighted by Crippen LogP contribution is 2.31. The average molecular weight is 301 g/mol. The molecule has 2 nitrogen and oxygen atoms in total. The molecule has 2 rings (SSSR count). The molecule has 1 heterocycles. The van der Waals surface area contributed by atoms with E-state index in [2.05, 4.69) is 32.5 Å². The minimum atomic E-state index is 0.599. The van der Waals surface area contributed by atoms with Crippen LogP contribution in [0.2, 0.25) is 0 Å². The van der Waals surface area contributed by atoms with E-state index in [1.54, 1.807) is 0 Å². The van der Waals surface area contributed by atoms with E-state index < -0.39 is 0 Å². The van der Waals surface area contributed by atoms with Crippen molar-refractivity contribution in [2.45, 2.75) is 37.0 Å². The van der Waals surface area contributed by atoms with Gasteiger partial charge in [-0.1, -0.05) is 12.8 Å². The predicted octanol–water partition coefficient (Wildman–Crippen LogP) is 3.93. The highest BCUT2D eigenvalue weighted by Gasteiger charge is 2.24. The van der Waals surface area contributed by atoms with E-state index in [0.29, 0.717) is 6.04 Å². The van der Waals surface area contributed by atoms with Crippen LogP contribution in [0.5, 0.6) is 0 Å². The van der Waals surface area contributed by atoms with Gasteiger partial charge in [-0.05, 0) is 41.1 Å². The lowest BCUT2D eigenvalue weighted by Crippen LogP contribution is -2.34. The molecule has 1 aliphatic rings. The fourth-order valence-electron chi connectivity index (χ4n) is 2.24. The highest BCUT2D eigenvalue weighted by molar-refractivity contribution is 9.10. The Balaban J connectivity index is 2.05. The topological polar surface area (TPSA) is 24.9 Å². The minimum Gasteiger partial charge on any atom is -0.380 e. The number of rotatable bonds is 3. The first-order chi connectivity index (χ1) is 7.81. The number of halogens is 1. The Morgan fingerprint density at radius 1 is 1.44 bits per heavy atom. The second-order valence-corrected chi connectivity index (χ2v) is 6.10. The van der Waals surface area contributed by atoms with E-state index in [0.717, 1.165) is 9.72 Å². The summed E-state index contributed by atoms with van der Waals surface area (Å²) >= 11 is 5.52. The van der Waals surface area contributed by atoms with Gasteiger partial charge in [0.05, 0.1) is 10.2 Å². The molecule has 1 saturated carbocycles.